The number of ether oxygens (including phenoxy) is 4. The fourth-order valence-corrected chi connectivity index (χ4v) is 2.54. The molecule has 0 heterocycles. The summed E-state index contributed by atoms with van der Waals surface area (Å²) in [5, 5.41) is 0.257. The molecule has 0 unspecified atom stereocenters. The molecule has 0 saturated heterocycles. The topological polar surface area (TPSA) is 54.0 Å². The smallest absolute Gasteiger partial charge is 0.387 e. The van der Waals surface area contributed by atoms with E-state index in [0.717, 1.165) is 0 Å². The second kappa shape index (κ2) is 9.23. The summed E-state index contributed by atoms with van der Waals surface area (Å²) in [7, 11) is 4.21. The van der Waals surface area contributed by atoms with Crippen molar-refractivity contribution in [3.8, 4) is 23.0 Å². The number of alkyl halides is 2. The Morgan fingerprint density at radius 3 is 2.22 bits per heavy atom. The van der Waals surface area contributed by atoms with Crippen molar-refractivity contribution in [3.05, 3.63) is 52.6 Å². The first-order chi connectivity index (χ1) is 12.9. The van der Waals surface area contributed by atoms with E-state index in [-0.39, 0.29) is 27.9 Å². The van der Waals surface area contributed by atoms with Crippen molar-refractivity contribution in [2.75, 3.05) is 21.3 Å². The average molecular weight is 399 g/mol. The van der Waals surface area contributed by atoms with Crippen molar-refractivity contribution in [3.63, 3.8) is 0 Å². The third-order valence-electron chi connectivity index (χ3n) is 3.57. The number of halogens is 3. The lowest BCUT2D eigenvalue weighted by molar-refractivity contribution is -0.0512. The van der Waals surface area contributed by atoms with Gasteiger partial charge in [0.15, 0.2) is 17.3 Å². The molecule has 0 aromatic heterocycles. The summed E-state index contributed by atoms with van der Waals surface area (Å²) in [6.45, 7) is -2.99. The highest BCUT2D eigenvalue weighted by Crippen LogP contribution is 2.33. The summed E-state index contributed by atoms with van der Waals surface area (Å²) < 4.78 is 44.7. The molecule has 0 aliphatic carbocycles. The standard InChI is InChI=1S/C19H17ClF2O5/c1-24-15-7-5-11(8-18(15)27-19(21)22)4-6-14(23)12-9-13(20)17(26-3)10-16(12)25-2/h4-10,19H,1-3H3/b6-4+. The van der Waals surface area contributed by atoms with Crippen LogP contribution < -0.4 is 18.9 Å². The van der Waals surface area contributed by atoms with Gasteiger partial charge in [-0.05, 0) is 29.8 Å². The number of hydrogen-bond acceptors (Lipinski definition) is 5. The van der Waals surface area contributed by atoms with E-state index in [1.165, 1.54) is 57.7 Å². The number of carbonyl (C=O) groups excluding carboxylic acids is 1. The molecule has 0 N–H and O–H groups in total. The van der Waals surface area contributed by atoms with Crippen molar-refractivity contribution in [1.82, 2.24) is 0 Å². The Morgan fingerprint density at radius 1 is 0.963 bits per heavy atom. The predicted molar refractivity (Wildman–Crippen MR) is 97.5 cm³/mol. The molecule has 0 radical (unpaired) electrons. The minimum absolute atomic E-state index is 0.132. The molecule has 144 valence electrons. The third-order valence-corrected chi connectivity index (χ3v) is 3.87. The van der Waals surface area contributed by atoms with E-state index in [9.17, 15) is 13.6 Å². The fraction of sp³-hybridized carbons (Fsp3) is 0.211. The second-order valence-corrected chi connectivity index (χ2v) is 5.58. The van der Waals surface area contributed by atoms with E-state index >= 15 is 0 Å². The molecule has 2 aromatic carbocycles. The van der Waals surface area contributed by atoms with Crippen LogP contribution in [0.25, 0.3) is 6.08 Å². The van der Waals surface area contributed by atoms with E-state index in [1.807, 2.05) is 0 Å². The SMILES string of the molecule is COc1cc(OC)c(C(=O)/C=C/c2ccc(OC)c(OC(F)F)c2)cc1Cl. The van der Waals surface area contributed by atoms with Crippen LogP contribution in [0.1, 0.15) is 15.9 Å². The van der Waals surface area contributed by atoms with Gasteiger partial charge in [0.1, 0.15) is 11.5 Å². The third kappa shape index (κ3) is 5.10. The molecule has 2 aromatic rings. The van der Waals surface area contributed by atoms with Gasteiger partial charge >= 0.3 is 6.61 Å². The molecule has 0 spiro atoms. The minimum Gasteiger partial charge on any atom is -0.496 e. The monoisotopic (exact) mass is 398 g/mol. The first-order valence-corrected chi connectivity index (χ1v) is 8.04. The Bertz CT molecular complexity index is 852. The molecule has 0 saturated carbocycles. The summed E-state index contributed by atoms with van der Waals surface area (Å²) in [4.78, 5) is 12.5. The lowest BCUT2D eigenvalue weighted by Gasteiger charge is -2.11. The zero-order valence-electron chi connectivity index (χ0n) is 14.8. The number of methoxy groups -OCH3 is 3. The van der Waals surface area contributed by atoms with E-state index in [2.05, 4.69) is 4.74 Å². The summed E-state index contributed by atoms with van der Waals surface area (Å²) in [6, 6.07) is 7.34. The molecule has 0 atom stereocenters. The van der Waals surface area contributed by atoms with Crippen LogP contribution in [0, 0.1) is 0 Å². The van der Waals surface area contributed by atoms with Gasteiger partial charge in [0, 0.05) is 6.07 Å². The van der Waals surface area contributed by atoms with Crippen LogP contribution in [0.5, 0.6) is 23.0 Å². The van der Waals surface area contributed by atoms with Crippen LogP contribution in [0.15, 0.2) is 36.4 Å². The van der Waals surface area contributed by atoms with Crippen molar-refractivity contribution in [2.45, 2.75) is 6.61 Å². The Kier molecular flexibility index (Phi) is 7.01. The number of allylic oxidation sites excluding steroid dienone is 1. The maximum absolute atomic E-state index is 12.5. The van der Waals surface area contributed by atoms with E-state index < -0.39 is 6.61 Å². The Hall–Kier alpha value is -2.80. The lowest BCUT2D eigenvalue weighted by atomic mass is 10.1. The number of benzene rings is 2. The Labute approximate surface area is 160 Å². The van der Waals surface area contributed by atoms with Gasteiger partial charge in [0.2, 0.25) is 0 Å². The predicted octanol–water partition coefficient (Wildman–Crippen LogP) is 4.86. The average Bonchev–Trinajstić information content (AvgIpc) is 2.65. The molecule has 0 fully saturated rings. The fourth-order valence-electron chi connectivity index (χ4n) is 2.30. The van der Waals surface area contributed by atoms with Crippen LogP contribution in [0.2, 0.25) is 5.02 Å². The van der Waals surface area contributed by atoms with E-state index in [1.54, 1.807) is 6.07 Å². The van der Waals surface area contributed by atoms with E-state index in [4.69, 9.17) is 25.8 Å². The van der Waals surface area contributed by atoms with Gasteiger partial charge in [-0.1, -0.05) is 23.7 Å². The molecule has 0 amide bonds. The second-order valence-electron chi connectivity index (χ2n) is 5.17. The molecule has 8 heteroatoms. The van der Waals surface area contributed by atoms with Crippen molar-refractivity contribution in [1.29, 1.82) is 0 Å². The van der Waals surface area contributed by atoms with Gasteiger partial charge < -0.3 is 18.9 Å². The molecular weight excluding hydrogens is 382 g/mol. The van der Waals surface area contributed by atoms with Crippen molar-refractivity contribution < 1.29 is 32.5 Å². The molecule has 0 bridgehead atoms. The lowest BCUT2D eigenvalue weighted by Crippen LogP contribution is -2.03. The molecular formula is C19H17ClF2O5. The van der Waals surface area contributed by atoms with Crippen LogP contribution in [-0.2, 0) is 0 Å². The number of carbonyl (C=O) groups is 1. The number of hydrogen-bond donors (Lipinski definition) is 0. The first kappa shape index (κ1) is 20.5. The highest BCUT2D eigenvalue weighted by Gasteiger charge is 2.15. The highest BCUT2D eigenvalue weighted by molar-refractivity contribution is 6.32. The van der Waals surface area contributed by atoms with Gasteiger partial charge in [-0.25, -0.2) is 0 Å². The maximum atomic E-state index is 12.5. The van der Waals surface area contributed by atoms with Crippen LogP contribution in [-0.4, -0.2) is 33.7 Å². The Balaban J connectivity index is 2.30. The summed E-state index contributed by atoms with van der Waals surface area (Å²) in [5.41, 5.74) is 0.704. The van der Waals surface area contributed by atoms with Crippen LogP contribution >= 0.6 is 11.6 Å². The zero-order valence-corrected chi connectivity index (χ0v) is 15.5. The maximum Gasteiger partial charge on any atom is 0.387 e. The summed E-state index contributed by atoms with van der Waals surface area (Å²) >= 11 is 6.06. The van der Waals surface area contributed by atoms with Gasteiger partial charge in [-0.15, -0.1) is 0 Å². The molecule has 0 aliphatic heterocycles. The minimum atomic E-state index is -2.99. The molecule has 5 nitrogen and oxygen atoms in total. The Morgan fingerprint density at radius 2 is 1.63 bits per heavy atom. The highest BCUT2D eigenvalue weighted by atomic mass is 35.5. The van der Waals surface area contributed by atoms with Gasteiger partial charge in [-0.2, -0.15) is 8.78 Å². The molecule has 27 heavy (non-hydrogen) atoms. The molecule has 2 rings (SSSR count). The van der Waals surface area contributed by atoms with Gasteiger partial charge in [0.05, 0.1) is 31.9 Å². The number of rotatable bonds is 8. The van der Waals surface area contributed by atoms with Crippen molar-refractivity contribution in [2.24, 2.45) is 0 Å². The zero-order chi connectivity index (χ0) is 20.0. The largest absolute Gasteiger partial charge is 0.496 e. The first-order valence-electron chi connectivity index (χ1n) is 7.66. The van der Waals surface area contributed by atoms with Crippen molar-refractivity contribution >= 4 is 23.5 Å². The van der Waals surface area contributed by atoms with Gasteiger partial charge in [-0.3, -0.25) is 4.79 Å². The van der Waals surface area contributed by atoms with E-state index in [0.29, 0.717) is 17.1 Å². The molecule has 0 aliphatic rings. The summed E-state index contributed by atoms with van der Waals surface area (Å²) in [6.07, 6.45) is 2.73. The normalized spacial score (nSPS) is 10.9. The van der Waals surface area contributed by atoms with Crippen LogP contribution in [0.3, 0.4) is 0 Å². The number of ketones is 1. The summed E-state index contributed by atoms with van der Waals surface area (Å²) in [5.74, 6) is 0.304. The quantitative estimate of drug-likeness (QED) is 0.469. The van der Waals surface area contributed by atoms with Gasteiger partial charge in [0.25, 0.3) is 0 Å². The van der Waals surface area contributed by atoms with Crippen LogP contribution in [0.4, 0.5) is 8.78 Å².